The first-order valence-electron chi connectivity index (χ1n) is 3.57. The summed E-state index contributed by atoms with van der Waals surface area (Å²) in [6.07, 6.45) is 1.52. The van der Waals surface area contributed by atoms with E-state index in [2.05, 4.69) is 4.98 Å². The molecule has 0 aliphatic heterocycles. The topological polar surface area (TPSA) is 43.3 Å². The molecule has 0 saturated carbocycles. The van der Waals surface area contributed by atoms with Crippen molar-refractivity contribution in [3.63, 3.8) is 0 Å². The fourth-order valence-corrected chi connectivity index (χ4v) is 1.30. The molecular weight excluding hydrogens is 157 g/mol. The van der Waals surface area contributed by atoms with Crippen molar-refractivity contribution < 1.29 is 4.39 Å². The minimum absolute atomic E-state index is 0.286. The lowest BCUT2D eigenvalue weighted by Crippen LogP contribution is -1.97. The highest BCUT2D eigenvalue weighted by molar-refractivity contribution is 5.49. The second kappa shape index (κ2) is 2.20. The molecule has 0 aliphatic rings. The maximum absolute atomic E-state index is 12.8. The van der Waals surface area contributed by atoms with E-state index in [9.17, 15) is 4.39 Å². The monoisotopic (exact) mass is 165 g/mol. The highest BCUT2D eigenvalue weighted by Gasteiger charge is 2.03. The highest BCUT2D eigenvalue weighted by atomic mass is 19.1. The molecule has 2 rings (SSSR count). The van der Waals surface area contributed by atoms with Crippen LogP contribution in [-0.2, 0) is 0 Å². The molecule has 0 saturated heterocycles. The number of aryl methyl sites for hydroxylation is 1. The molecule has 4 heteroatoms. The van der Waals surface area contributed by atoms with Crippen molar-refractivity contribution in [1.29, 1.82) is 0 Å². The quantitative estimate of drug-likeness (QED) is 0.640. The van der Waals surface area contributed by atoms with Gasteiger partial charge in [0.05, 0.1) is 6.20 Å². The lowest BCUT2D eigenvalue weighted by molar-refractivity contribution is 0.624. The summed E-state index contributed by atoms with van der Waals surface area (Å²) in [7, 11) is 0. The Morgan fingerprint density at radius 2 is 2.25 bits per heavy atom. The number of pyridine rings is 1. The normalized spacial score (nSPS) is 10.8. The third-order valence-electron chi connectivity index (χ3n) is 1.78. The largest absolute Gasteiger partial charge is 0.383 e. The summed E-state index contributed by atoms with van der Waals surface area (Å²) in [5.41, 5.74) is 6.90. The molecule has 12 heavy (non-hydrogen) atoms. The third kappa shape index (κ3) is 0.845. The number of rotatable bonds is 0. The van der Waals surface area contributed by atoms with Crippen molar-refractivity contribution in [3.05, 3.63) is 29.8 Å². The zero-order valence-corrected chi connectivity index (χ0v) is 6.58. The van der Waals surface area contributed by atoms with E-state index in [0.717, 1.165) is 5.69 Å². The van der Waals surface area contributed by atoms with Crippen LogP contribution in [0, 0.1) is 12.7 Å². The van der Waals surface area contributed by atoms with Gasteiger partial charge in [-0.25, -0.2) is 9.37 Å². The zero-order valence-electron chi connectivity index (χ0n) is 6.58. The van der Waals surface area contributed by atoms with Crippen molar-refractivity contribution in [2.45, 2.75) is 6.92 Å². The Hall–Kier alpha value is -1.58. The number of nitrogen functional groups attached to an aromatic ring is 1. The Labute approximate surface area is 68.6 Å². The number of nitrogens with zero attached hydrogens (tertiary/aromatic N) is 2. The van der Waals surface area contributed by atoms with Crippen LogP contribution in [0.25, 0.3) is 5.65 Å². The molecule has 0 spiro atoms. The fourth-order valence-electron chi connectivity index (χ4n) is 1.30. The first-order chi connectivity index (χ1) is 5.68. The Morgan fingerprint density at radius 3 is 3.00 bits per heavy atom. The standard InChI is InChI=1S/C8H8FN3/c1-5-2-6(9)3-8-11-4-7(10)12(5)8/h2-4H,10H2,1H3. The molecule has 0 fully saturated rings. The molecule has 0 radical (unpaired) electrons. The summed E-state index contributed by atoms with van der Waals surface area (Å²) in [6, 6.07) is 2.77. The SMILES string of the molecule is Cc1cc(F)cc2ncc(N)n12. The van der Waals surface area contributed by atoms with E-state index in [1.54, 1.807) is 11.3 Å². The second-order valence-electron chi connectivity index (χ2n) is 2.69. The van der Waals surface area contributed by atoms with Gasteiger partial charge in [-0.15, -0.1) is 0 Å². The van der Waals surface area contributed by atoms with Gasteiger partial charge in [0.15, 0.2) is 0 Å². The lowest BCUT2D eigenvalue weighted by Gasteiger charge is -2.00. The second-order valence-corrected chi connectivity index (χ2v) is 2.69. The van der Waals surface area contributed by atoms with Gasteiger partial charge in [0, 0.05) is 11.8 Å². The van der Waals surface area contributed by atoms with Gasteiger partial charge in [0.25, 0.3) is 0 Å². The molecule has 3 nitrogen and oxygen atoms in total. The van der Waals surface area contributed by atoms with Crippen LogP contribution in [-0.4, -0.2) is 9.38 Å². The number of anilines is 1. The van der Waals surface area contributed by atoms with Crippen molar-refractivity contribution in [3.8, 4) is 0 Å². The van der Waals surface area contributed by atoms with Crippen LogP contribution in [0.5, 0.6) is 0 Å². The summed E-state index contributed by atoms with van der Waals surface area (Å²) in [5.74, 6) is 0.244. The molecule has 62 valence electrons. The average Bonchev–Trinajstić information content (AvgIpc) is 2.31. The first kappa shape index (κ1) is 7.09. The van der Waals surface area contributed by atoms with Crippen LogP contribution in [0.2, 0.25) is 0 Å². The molecule has 0 atom stereocenters. The van der Waals surface area contributed by atoms with Gasteiger partial charge >= 0.3 is 0 Å². The van der Waals surface area contributed by atoms with Crippen LogP contribution >= 0.6 is 0 Å². The van der Waals surface area contributed by atoms with E-state index in [-0.39, 0.29) is 5.82 Å². The summed E-state index contributed by atoms with van der Waals surface area (Å²) < 4.78 is 14.5. The summed E-state index contributed by atoms with van der Waals surface area (Å²) in [5, 5.41) is 0. The van der Waals surface area contributed by atoms with E-state index in [1.807, 2.05) is 0 Å². The molecule has 0 aromatic carbocycles. The summed E-state index contributed by atoms with van der Waals surface area (Å²) >= 11 is 0. The van der Waals surface area contributed by atoms with E-state index in [4.69, 9.17) is 5.73 Å². The maximum atomic E-state index is 12.8. The summed E-state index contributed by atoms with van der Waals surface area (Å²) in [4.78, 5) is 3.94. The Bertz CT molecular complexity index is 433. The number of hydrogen-bond donors (Lipinski definition) is 1. The number of imidazole rings is 1. The van der Waals surface area contributed by atoms with Crippen molar-refractivity contribution in [1.82, 2.24) is 9.38 Å². The van der Waals surface area contributed by atoms with Crippen molar-refractivity contribution in [2.75, 3.05) is 5.73 Å². The first-order valence-corrected chi connectivity index (χ1v) is 3.57. The Kier molecular flexibility index (Phi) is 1.30. The van der Waals surface area contributed by atoms with Crippen molar-refractivity contribution >= 4 is 11.5 Å². The Morgan fingerprint density at radius 1 is 1.50 bits per heavy atom. The number of nitrogens with two attached hydrogens (primary N) is 1. The van der Waals surface area contributed by atoms with Gasteiger partial charge < -0.3 is 5.73 Å². The predicted molar refractivity (Wildman–Crippen MR) is 44.3 cm³/mol. The maximum Gasteiger partial charge on any atom is 0.141 e. The summed E-state index contributed by atoms with van der Waals surface area (Å²) in [6.45, 7) is 1.79. The smallest absolute Gasteiger partial charge is 0.141 e. The van der Waals surface area contributed by atoms with Gasteiger partial charge in [-0.05, 0) is 13.0 Å². The van der Waals surface area contributed by atoms with Gasteiger partial charge in [-0.1, -0.05) is 0 Å². The predicted octanol–water partition coefficient (Wildman–Crippen LogP) is 1.36. The molecule has 2 aromatic rings. The number of fused-ring (bicyclic) bond motifs is 1. The molecular formula is C8H8FN3. The van der Waals surface area contributed by atoms with Crippen LogP contribution in [0.15, 0.2) is 18.3 Å². The molecule has 2 aromatic heterocycles. The Balaban J connectivity index is 2.93. The molecule has 0 amide bonds. The van der Waals surface area contributed by atoms with E-state index < -0.39 is 0 Å². The minimum Gasteiger partial charge on any atom is -0.383 e. The third-order valence-corrected chi connectivity index (χ3v) is 1.78. The van der Waals surface area contributed by atoms with E-state index >= 15 is 0 Å². The molecule has 0 unspecified atom stereocenters. The van der Waals surface area contributed by atoms with E-state index in [1.165, 1.54) is 18.3 Å². The van der Waals surface area contributed by atoms with Gasteiger partial charge in [-0.3, -0.25) is 4.40 Å². The zero-order chi connectivity index (χ0) is 8.72. The van der Waals surface area contributed by atoms with E-state index in [0.29, 0.717) is 11.5 Å². The molecule has 2 heterocycles. The minimum atomic E-state index is -0.286. The average molecular weight is 165 g/mol. The van der Waals surface area contributed by atoms with Crippen LogP contribution in [0.4, 0.5) is 10.2 Å². The van der Waals surface area contributed by atoms with Gasteiger partial charge in [0.2, 0.25) is 0 Å². The lowest BCUT2D eigenvalue weighted by atomic mass is 10.3. The van der Waals surface area contributed by atoms with Gasteiger partial charge in [0.1, 0.15) is 17.3 Å². The number of hydrogen-bond acceptors (Lipinski definition) is 2. The van der Waals surface area contributed by atoms with Crippen LogP contribution < -0.4 is 5.73 Å². The van der Waals surface area contributed by atoms with Crippen LogP contribution in [0.1, 0.15) is 5.69 Å². The van der Waals surface area contributed by atoms with Crippen LogP contribution in [0.3, 0.4) is 0 Å². The number of aromatic nitrogens is 2. The molecule has 0 bridgehead atoms. The fraction of sp³-hybridized carbons (Fsp3) is 0.125. The number of halogens is 1. The highest BCUT2D eigenvalue weighted by Crippen LogP contribution is 2.13. The van der Waals surface area contributed by atoms with Crippen molar-refractivity contribution in [2.24, 2.45) is 0 Å². The molecule has 2 N–H and O–H groups in total. The molecule has 0 aliphatic carbocycles. The van der Waals surface area contributed by atoms with Gasteiger partial charge in [-0.2, -0.15) is 0 Å².